The number of rotatable bonds is 1. The SMILES string of the molecule is CN(C)C(=O)N1CCN(C(=O)c2ccc(Cl)cc2)[C@H]2CS(=O)(=O)C[C@H]21. The summed E-state index contributed by atoms with van der Waals surface area (Å²) in [5.41, 5.74) is 0.458. The zero-order valence-electron chi connectivity index (χ0n) is 14.1. The highest BCUT2D eigenvalue weighted by molar-refractivity contribution is 7.91. The van der Waals surface area contributed by atoms with Crippen molar-refractivity contribution in [3.63, 3.8) is 0 Å². The molecule has 7 nitrogen and oxygen atoms in total. The molecule has 1 aromatic carbocycles. The zero-order chi connectivity index (χ0) is 18.4. The third-order valence-electron chi connectivity index (χ3n) is 4.66. The number of nitrogens with zero attached hydrogens (tertiary/aromatic N) is 3. The summed E-state index contributed by atoms with van der Waals surface area (Å²) >= 11 is 5.86. The normalized spacial score (nSPS) is 24.8. The van der Waals surface area contributed by atoms with Gasteiger partial charge in [0.2, 0.25) is 0 Å². The number of hydrogen-bond donors (Lipinski definition) is 0. The predicted molar refractivity (Wildman–Crippen MR) is 94.5 cm³/mol. The fourth-order valence-electron chi connectivity index (χ4n) is 3.46. The molecule has 2 fully saturated rings. The van der Waals surface area contributed by atoms with E-state index in [0.717, 1.165) is 0 Å². The summed E-state index contributed by atoms with van der Waals surface area (Å²) < 4.78 is 24.4. The Morgan fingerprint density at radius 3 is 2.12 bits per heavy atom. The van der Waals surface area contributed by atoms with Gasteiger partial charge in [-0.25, -0.2) is 13.2 Å². The molecular formula is C16H20ClN3O4S. The van der Waals surface area contributed by atoms with Crippen LogP contribution in [0.3, 0.4) is 0 Å². The summed E-state index contributed by atoms with van der Waals surface area (Å²) in [4.78, 5) is 29.8. The summed E-state index contributed by atoms with van der Waals surface area (Å²) in [6.45, 7) is 0.616. The molecule has 0 aliphatic carbocycles. The van der Waals surface area contributed by atoms with Gasteiger partial charge in [-0.2, -0.15) is 0 Å². The third-order valence-corrected chi connectivity index (χ3v) is 6.61. The number of halogens is 1. The van der Waals surface area contributed by atoms with Crippen LogP contribution in [-0.4, -0.2) is 85.8 Å². The monoisotopic (exact) mass is 385 g/mol. The van der Waals surface area contributed by atoms with Crippen LogP contribution < -0.4 is 0 Å². The molecule has 9 heteroatoms. The number of fused-ring (bicyclic) bond motifs is 1. The number of carbonyl (C=O) groups excluding carboxylic acids is 2. The van der Waals surface area contributed by atoms with Crippen molar-refractivity contribution in [2.75, 3.05) is 38.7 Å². The highest BCUT2D eigenvalue weighted by atomic mass is 35.5. The van der Waals surface area contributed by atoms with Crippen LogP contribution in [0.5, 0.6) is 0 Å². The van der Waals surface area contributed by atoms with Gasteiger partial charge in [0.1, 0.15) is 0 Å². The van der Waals surface area contributed by atoms with Crippen LogP contribution >= 0.6 is 11.6 Å². The van der Waals surface area contributed by atoms with E-state index in [2.05, 4.69) is 0 Å². The lowest BCUT2D eigenvalue weighted by atomic mass is 10.0. The van der Waals surface area contributed by atoms with E-state index in [1.165, 1.54) is 4.90 Å². The van der Waals surface area contributed by atoms with Crippen LogP contribution in [0.1, 0.15) is 10.4 Å². The predicted octanol–water partition coefficient (Wildman–Crippen LogP) is 0.945. The topological polar surface area (TPSA) is 78.0 Å². The van der Waals surface area contributed by atoms with Gasteiger partial charge in [0, 0.05) is 37.8 Å². The number of amides is 3. The number of piperazine rings is 1. The average Bonchev–Trinajstić information content (AvgIpc) is 2.88. The van der Waals surface area contributed by atoms with Crippen LogP contribution in [0.2, 0.25) is 5.02 Å². The molecule has 0 bridgehead atoms. The summed E-state index contributed by atoms with van der Waals surface area (Å²) in [5.74, 6) is -0.462. The van der Waals surface area contributed by atoms with Gasteiger partial charge >= 0.3 is 6.03 Å². The van der Waals surface area contributed by atoms with E-state index < -0.39 is 21.9 Å². The quantitative estimate of drug-likeness (QED) is 0.721. The molecule has 0 saturated carbocycles. The Morgan fingerprint density at radius 2 is 1.56 bits per heavy atom. The van der Waals surface area contributed by atoms with Crippen LogP contribution in [0, 0.1) is 0 Å². The highest BCUT2D eigenvalue weighted by Gasteiger charge is 2.49. The van der Waals surface area contributed by atoms with Gasteiger partial charge in [0.25, 0.3) is 5.91 Å². The minimum absolute atomic E-state index is 0.109. The van der Waals surface area contributed by atoms with Crippen molar-refractivity contribution < 1.29 is 18.0 Å². The molecule has 0 aromatic heterocycles. The van der Waals surface area contributed by atoms with Crippen molar-refractivity contribution in [2.45, 2.75) is 12.1 Å². The van der Waals surface area contributed by atoms with Gasteiger partial charge < -0.3 is 14.7 Å². The first kappa shape index (κ1) is 18.0. The van der Waals surface area contributed by atoms with Crippen LogP contribution in [0.15, 0.2) is 24.3 Å². The summed E-state index contributed by atoms with van der Waals surface area (Å²) in [7, 11) is -0.0418. The van der Waals surface area contributed by atoms with Gasteiger partial charge in [0.15, 0.2) is 9.84 Å². The number of urea groups is 1. The minimum atomic E-state index is -3.30. The lowest BCUT2D eigenvalue weighted by molar-refractivity contribution is 0.0393. The maximum atomic E-state index is 12.8. The van der Waals surface area contributed by atoms with Crippen LogP contribution in [-0.2, 0) is 9.84 Å². The maximum absolute atomic E-state index is 12.8. The van der Waals surface area contributed by atoms with Crippen molar-refractivity contribution in [1.82, 2.24) is 14.7 Å². The Balaban J connectivity index is 1.89. The van der Waals surface area contributed by atoms with E-state index in [1.54, 1.807) is 48.2 Å². The Hall–Kier alpha value is -1.80. The van der Waals surface area contributed by atoms with Gasteiger partial charge in [-0.15, -0.1) is 0 Å². The number of sulfone groups is 1. The second kappa shape index (κ2) is 6.49. The first-order valence-corrected chi connectivity index (χ1v) is 10.1. The number of benzene rings is 1. The van der Waals surface area contributed by atoms with Crippen molar-refractivity contribution in [2.24, 2.45) is 0 Å². The van der Waals surface area contributed by atoms with E-state index in [0.29, 0.717) is 23.7 Å². The van der Waals surface area contributed by atoms with Crippen molar-refractivity contribution in [3.05, 3.63) is 34.9 Å². The van der Waals surface area contributed by atoms with Gasteiger partial charge in [-0.3, -0.25) is 4.79 Å². The van der Waals surface area contributed by atoms with Crippen molar-refractivity contribution in [3.8, 4) is 0 Å². The first-order chi connectivity index (χ1) is 11.7. The van der Waals surface area contributed by atoms with Gasteiger partial charge in [-0.05, 0) is 24.3 Å². The molecule has 2 aliphatic rings. The average molecular weight is 386 g/mol. The minimum Gasteiger partial charge on any atom is -0.331 e. The molecule has 0 N–H and O–H groups in total. The van der Waals surface area contributed by atoms with E-state index in [9.17, 15) is 18.0 Å². The molecule has 25 heavy (non-hydrogen) atoms. The molecule has 136 valence electrons. The maximum Gasteiger partial charge on any atom is 0.319 e. The summed E-state index contributed by atoms with van der Waals surface area (Å²) in [6, 6.07) is 5.25. The zero-order valence-corrected chi connectivity index (χ0v) is 15.6. The lowest BCUT2D eigenvalue weighted by Crippen LogP contribution is -2.63. The smallest absolute Gasteiger partial charge is 0.319 e. The Morgan fingerprint density at radius 1 is 1.04 bits per heavy atom. The molecule has 0 spiro atoms. The van der Waals surface area contributed by atoms with E-state index in [1.807, 2.05) is 0 Å². The van der Waals surface area contributed by atoms with Crippen molar-refractivity contribution >= 4 is 33.4 Å². The molecule has 2 aliphatic heterocycles. The van der Waals surface area contributed by atoms with Crippen molar-refractivity contribution in [1.29, 1.82) is 0 Å². The fourth-order valence-corrected chi connectivity index (χ4v) is 5.56. The molecule has 0 unspecified atom stereocenters. The second-order valence-corrected chi connectivity index (χ2v) is 9.18. The standard InChI is InChI=1S/C16H20ClN3O4S/c1-18(2)16(22)20-8-7-19(13-9-25(23,24)10-14(13)20)15(21)11-3-5-12(17)6-4-11/h3-6,13-14H,7-10H2,1-2H3/t13-,14+/m0/s1. The molecule has 0 radical (unpaired) electrons. The summed E-state index contributed by atoms with van der Waals surface area (Å²) in [5, 5.41) is 0.527. The molecule has 3 rings (SSSR count). The summed E-state index contributed by atoms with van der Waals surface area (Å²) in [6.07, 6.45) is 0. The van der Waals surface area contributed by atoms with E-state index >= 15 is 0 Å². The first-order valence-electron chi connectivity index (χ1n) is 7.94. The molecule has 3 amide bonds. The highest BCUT2D eigenvalue weighted by Crippen LogP contribution is 2.29. The molecule has 1 aromatic rings. The van der Waals surface area contributed by atoms with Crippen LogP contribution in [0.4, 0.5) is 4.79 Å². The third kappa shape index (κ3) is 3.46. The van der Waals surface area contributed by atoms with Crippen LogP contribution in [0.25, 0.3) is 0 Å². The number of hydrogen-bond acceptors (Lipinski definition) is 4. The largest absolute Gasteiger partial charge is 0.331 e. The second-order valence-electron chi connectivity index (χ2n) is 6.59. The fraction of sp³-hybridized carbons (Fsp3) is 0.500. The Bertz CT molecular complexity index is 794. The van der Waals surface area contributed by atoms with Gasteiger partial charge in [0.05, 0.1) is 23.6 Å². The molecular weight excluding hydrogens is 366 g/mol. The van der Waals surface area contributed by atoms with E-state index in [-0.39, 0.29) is 23.4 Å². The Labute approximate surface area is 152 Å². The molecule has 2 atom stereocenters. The number of carbonyl (C=O) groups is 2. The van der Waals surface area contributed by atoms with E-state index in [4.69, 9.17) is 11.6 Å². The molecule has 2 heterocycles. The Kier molecular flexibility index (Phi) is 4.68. The van der Waals surface area contributed by atoms with Gasteiger partial charge in [-0.1, -0.05) is 11.6 Å². The molecule has 2 saturated heterocycles. The lowest BCUT2D eigenvalue weighted by Gasteiger charge is -2.44.